The van der Waals surface area contributed by atoms with Crippen molar-refractivity contribution in [2.24, 2.45) is 11.7 Å². The van der Waals surface area contributed by atoms with Gasteiger partial charge in [0.05, 0.1) is 11.6 Å². The van der Waals surface area contributed by atoms with Crippen molar-refractivity contribution < 1.29 is 44.3 Å². The second-order valence-electron chi connectivity index (χ2n) is 7.51. The predicted octanol–water partition coefficient (Wildman–Crippen LogP) is 2.38. The molecular weight excluding hydrogens is 496 g/mol. The number of hydrogen-bond donors (Lipinski definition) is 5. The number of aliphatic carboxylic acids is 4. The van der Waals surface area contributed by atoms with E-state index in [1.165, 1.54) is 24.9 Å². The second-order valence-corrected chi connectivity index (χ2v) is 7.92. The quantitative estimate of drug-likeness (QED) is 0.280. The number of benzene rings is 1. The number of carbonyl (C=O) groups is 4. The number of hydrogen-bond acceptors (Lipinski definition) is 7. The Hall–Kier alpha value is -3.41. The summed E-state index contributed by atoms with van der Waals surface area (Å²) in [5.41, 5.74) is 7.05. The molecule has 0 unspecified atom stereocenters. The Morgan fingerprint density at radius 1 is 1.03 bits per heavy atom. The summed E-state index contributed by atoms with van der Waals surface area (Å²) in [7, 11) is 0. The molecule has 11 nitrogen and oxygen atoms in total. The van der Waals surface area contributed by atoms with Gasteiger partial charge in [0.15, 0.2) is 0 Å². The minimum Gasteiger partial charge on any atom is -0.492 e. The van der Waals surface area contributed by atoms with Crippen molar-refractivity contribution in [1.82, 2.24) is 4.90 Å². The zero-order chi connectivity index (χ0) is 27.5. The number of ether oxygens (including phenoxy) is 1. The zero-order valence-corrected chi connectivity index (χ0v) is 20.8. The van der Waals surface area contributed by atoms with E-state index in [1.54, 1.807) is 0 Å². The van der Waals surface area contributed by atoms with Crippen molar-refractivity contribution in [1.29, 1.82) is 0 Å². The van der Waals surface area contributed by atoms with Crippen LogP contribution in [0.25, 0.3) is 0 Å². The molecule has 0 bridgehead atoms. The summed E-state index contributed by atoms with van der Waals surface area (Å²) in [5, 5.41) is 32.0. The van der Waals surface area contributed by atoms with Crippen molar-refractivity contribution >= 4 is 35.5 Å². The highest BCUT2D eigenvalue weighted by Gasteiger charge is 2.18. The van der Waals surface area contributed by atoms with Gasteiger partial charge in [-0.1, -0.05) is 17.7 Å². The molecule has 6 N–H and O–H groups in total. The summed E-state index contributed by atoms with van der Waals surface area (Å²) < 4.78 is 5.46. The van der Waals surface area contributed by atoms with Crippen molar-refractivity contribution in [2.75, 3.05) is 32.8 Å². The lowest BCUT2D eigenvalue weighted by Gasteiger charge is -2.32. The van der Waals surface area contributed by atoms with E-state index in [0.717, 1.165) is 31.8 Å². The first-order valence-corrected chi connectivity index (χ1v) is 11.5. The first-order valence-electron chi connectivity index (χ1n) is 11.1. The van der Waals surface area contributed by atoms with E-state index in [2.05, 4.69) is 11.0 Å². The van der Waals surface area contributed by atoms with E-state index >= 15 is 0 Å². The van der Waals surface area contributed by atoms with Gasteiger partial charge in [0.25, 0.3) is 0 Å². The summed E-state index contributed by atoms with van der Waals surface area (Å²) in [6.45, 7) is 6.84. The third kappa shape index (κ3) is 17.1. The maximum Gasteiger partial charge on any atom is 0.328 e. The molecule has 200 valence electrons. The van der Waals surface area contributed by atoms with Crippen LogP contribution < -0.4 is 10.5 Å². The summed E-state index contributed by atoms with van der Waals surface area (Å²) in [6, 6.07) is 6.11. The smallest absolute Gasteiger partial charge is 0.328 e. The molecule has 12 heteroatoms. The number of likely N-dealkylation sites (tertiary alicyclic amines) is 1. The molecule has 1 aliphatic rings. The molecule has 0 aliphatic carbocycles. The first kappa shape index (κ1) is 32.6. The van der Waals surface area contributed by atoms with Gasteiger partial charge in [-0.25, -0.2) is 19.2 Å². The van der Waals surface area contributed by atoms with Crippen LogP contribution >= 0.6 is 11.6 Å². The van der Waals surface area contributed by atoms with Gasteiger partial charge in [-0.2, -0.15) is 0 Å². The lowest BCUT2D eigenvalue weighted by Crippen LogP contribution is -2.39. The van der Waals surface area contributed by atoms with E-state index in [-0.39, 0.29) is 0 Å². The minimum absolute atomic E-state index is 0.558. The van der Waals surface area contributed by atoms with Crippen molar-refractivity contribution in [2.45, 2.75) is 26.2 Å². The fourth-order valence-electron chi connectivity index (χ4n) is 3.09. The third-order valence-electron chi connectivity index (χ3n) is 4.69. The Morgan fingerprint density at radius 3 is 1.97 bits per heavy atom. The molecule has 0 spiro atoms. The predicted molar refractivity (Wildman–Crippen MR) is 133 cm³/mol. The molecule has 0 aromatic heterocycles. The van der Waals surface area contributed by atoms with Gasteiger partial charge in [0.2, 0.25) is 0 Å². The fourth-order valence-corrected chi connectivity index (χ4v) is 3.35. The summed E-state index contributed by atoms with van der Waals surface area (Å²) >= 11 is 6.22. The number of nitrogens with two attached hydrogens (primary N) is 1. The molecule has 1 heterocycles. The number of nitrogens with zero attached hydrogens (tertiary/aromatic N) is 1. The van der Waals surface area contributed by atoms with Crippen molar-refractivity contribution in [3.05, 3.63) is 53.1 Å². The van der Waals surface area contributed by atoms with Crippen LogP contribution in [0.15, 0.2) is 42.5 Å². The van der Waals surface area contributed by atoms with Crippen LogP contribution in [0.3, 0.4) is 0 Å². The third-order valence-corrected chi connectivity index (χ3v) is 4.98. The van der Waals surface area contributed by atoms with Gasteiger partial charge in [0, 0.05) is 37.4 Å². The monoisotopic (exact) mass is 528 g/mol. The highest BCUT2D eigenvalue weighted by Crippen LogP contribution is 2.26. The van der Waals surface area contributed by atoms with Crippen LogP contribution in [0.5, 0.6) is 5.75 Å². The largest absolute Gasteiger partial charge is 0.492 e. The number of halogens is 1. The fraction of sp³-hybridized carbons (Fsp3) is 0.417. The highest BCUT2D eigenvalue weighted by molar-refractivity contribution is 6.32. The Labute approximate surface area is 214 Å². The number of carboxylic acid groups (broad SMARTS) is 4. The molecule has 1 aromatic rings. The van der Waals surface area contributed by atoms with Gasteiger partial charge < -0.3 is 35.8 Å². The molecule has 0 saturated carbocycles. The van der Waals surface area contributed by atoms with Crippen LogP contribution in [0.1, 0.15) is 25.3 Å². The lowest BCUT2D eigenvalue weighted by molar-refractivity contribution is -0.134. The molecule has 1 aliphatic heterocycles. The van der Waals surface area contributed by atoms with Gasteiger partial charge in [-0.05, 0) is 62.9 Å². The van der Waals surface area contributed by atoms with Gasteiger partial charge >= 0.3 is 23.9 Å². The number of rotatable bonds is 10. The first-order chi connectivity index (χ1) is 17.0. The van der Waals surface area contributed by atoms with Crippen LogP contribution in [-0.4, -0.2) is 82.0 Å². The van der Waals surface area contributed by atoms with Gasteiger partial charge in [0.1, 0.15) is 5.75 Å². The van der Waals surface area contributed by atoms with E-state index in [9.17, 15) is 19.2 Å². The minimum atomic E-state index is -1.26. The maximum atomic E-state index is 9.55. The van der Waals surface area contributed by atoms with E-state index in [4.69, 9.17) is 42.5 Å². The molecular formula is C24H33ClN2O9. The van der Waals surface area contributed by atoms with Crippen LogP contribution in [-0.2, 0) is 25.6 Å². The molecule has 2 rings (SSSR count). The topological polar surface area (TPSA) is 188 Å². The van der Waals surface area contributed by atoms with Crippen LogP contribution in [0.4, 0.5) is 0 Å². The Morgan fingerprint density at radius 2 is 1.56 bits per heavy atom. The Balaban J connectivity index is 0.000000634. The summed E-state index contributed by atoms with van der Waals surface area (Å²) in [5.74, 6) is -3.58. The number of carboxylic acids is 4. The molecule has 1 atom stereocenters. The van der Waals surface area contributed by atoms with Gasteiger partial charge in [-0.3, -0.25) is 0 Å². The summed E-state index contributed by atoms with van der Waals surface area (Å²) in [4.78, 5) is 40.7. The Bertz CT molecular complexity index is 853. The highest BCUT2D eigenvalue weighted by atomic mass is 35.5. The van der Waals surface area contributed by atoms with Crippen molar-refractivity contribution in [3.8, 4) is 5.75 Å². The molecule has 1 saturated heterocycles. The molecule has 0 amide bonds. The average Bonchev–Trinajstić information content (AvgIpc) is 2.82. The van der Waals surface area contributed by atoms with Crippen molar-refractivity contribution in [3.63, 3.8) is 0 Å². The molecule has 36 heavy (non-hydrogen) atoms. The van der Waals surface area contributed by atoms with Crippen LogP contribution in [0, 0.1) is 5.92 Å². The van der Waals surface area contributed by atoms with E-state index in [0.29, 0.717) is 41.9 Å². The van der Waals surface area contributed by atoms with E-state index < -0.39 is 23.9 Å². The molecule has 1 aromatic carbocycles. The number of piperidine rings is 1. The SMILES string of the molecule is CCOc1ccc(CCN2CCC[C@@H](CN)C2)cc1Cl.O=C(O)/C=C/C(=O)O.O=C(O)/C=C/C(=O)O. The van der Waals surface area contributed by atoms with Gasteiger partial charge in [-0.15, -0.1) is 0 Å². The normalized spacial score (nSPS) is 15.4. The van der Waals surface area contributed by atoms with Crippen LogP contribution in [0.2, 0.25) is 5.02 Å². The zero-order valence-electron chi connectivity index (χ0n) is 20.0. The Kier molecular flexibility index (Phi) is 17.1. The maximum absolute atomic E-state index is 9.55. The molecule has 1 fully saturated rings. The summed E-state index contributed by atoms with van der Waals surface area (Å²) in [6.07, 6.45) is 5.81. The second kappa shape index (κ2) is 18.9. The lowest BCUT2D eigenvalue weighted by atomic mass is 9.98. The molecule has 0 radical (unpaired) electrons. The standard InChI is InChI=1S/C16H25ClN2O.2C4H4O4/c1-2-20-16-6-5-13(10-15(16)17)7-9-19-8-3-4-14(11-18)12-19;2*5-3(6)1-2-4(7)8/h5-6,10,14H,2-4,7-9,11-12,18H2,1H3;2*1-2H,(H,5,6)(H,7,8)/b;2*2-1+/t14-;;/m0../s1. The average molecular weight is 529 g/mol. The van der Waals surface area contributed by atoms with E-state index in [1.807, 2.05) is 19.1 Å².